The summed E-state index contributed by atoms with van der Waals surface area (Å²) in [5, 5.41) is 11.7. The smallest absolute Gasteiger partial charge is 0.224 e. The lowest BCUT2D eigenvalue weighted by Crippen LogP contribution is -2.32. The number of hydrogen-bond donors (Lipinski definition) is 1. The minimum absolute atomic E-state index is 0.0320. The lowest BCUT2D eigenvalue weighted by Gasteiger charge is -2.20. The number of anilines is 1. The second-order valence-corrected chi connectivity index (χ2v) is 5.67. The average molecular weight is 365 g/mol. The second kappa shape index (κ2) is 8.84. The van der Waals surface area contributed by atoms with Gasteiger partial charge in [0.1, 0.15) is 5.78 Å². The van der Waals surface area contributed by atoms with Gasteiger partial charge in [-0.3, -0.25) is 9.59 Å². The molecule has 0 spiro atoms. The lowest BCUT2D eigenvalue weighted by molar-refractivity contribution is -0.120. The standard InChI is InChI=1S/C18H17N5O2.C2H6/c1-12(24)11-22(13(2)25)16-5-3-4-14(8-16)17-6-7-20-18-15(9-19)10-21-23(17)18;1-2/h3-10,19H,11H2,1-2H3;1-2H3. The fourth-order valence-electron chi connectivity index (χ4n) is 2.67. The van der Waals surface area contributed by atoms with Crippen molar-refractivity contribution in [3.05, 3.63) is 48.3 Å². The molecule has 0 unspecified atom stereocenters. The molecule has 0 bridgehead atoms. The van der Waals surface area contributed by atoms with E-state index in [0.29, 0.717) is 16.9 Å². The topological polar surface area (TPSA) is 91.4 Å². The average Bonchev–Trinajstić information content (AvgIpc) is 3.10. The molecule has 2 aromatic heterocycles. The van der Waals surface area contributed by atoms with Gasteiger partial charge in [0.2, 0.25) is 5.91 Å². The van der Waals surface area contributed by atoms with Gasteiger partial charge in [0.25, 0.3) is 0 Å². The molecule has 7 nitrogen and oxygen atoms in total. The Morgan fingerprint density at radius 1 is 1.22 bits per heavy atom. The third kappa shape index (κ3) is 4.25. The van der Waals surface area contributed by atoms with E-state index in [-0.39, 0.29) is 18.2 Å². The molecule has 0 atom stereocenters. The van der Waals surface area contributed by atoms with E-state index in [0.717, 1.165) is 11.3 Å². The predicted octanol–water partition coefficient (Wildman–Crippen LogP) is 3.36. The van der Waals surface area contributed by atoms with Crippen molar-refractivity contribution in [2.75, 3.05) is 11.4 Å². The number of rotatable bonds is 5. The Hall–Kier alpha value is -3.35. The summed E-state index contributed by atoms with van der Waals surface area (Å²) in [5.41, 5.74) is 3.47. The monoisotopic (exact) mass is 365 g/mol. The van der Waals surface area contributed by atoms with Crippen LogP contribution in [0.5, 0.6) is 0 Å². The third-order valence-corrected chi connectivity index (χ3v) is 3.80. The van der Waals surface area contributed by atoms with E-state index in [1.807, 2.05) is 38.1 Å². The zero-order chi connectivity index (χ0) is 20.0. The zero-order valence-electron chi connectivity index (χ0n) is 15.9. The van der Waals surface area contributed by atoms with Crippen LogP contribution < -0.4 is 4.90 Å². The number of hydrogen-bond acceptors (Lipinski definition) is 5. The van der Waals surface area contributed by atoms with Gasteiger partial charge in [-0.1, -0.05) is 26.0 Å². The summed E-state index contributed by atoms with van der Waals surface area (Å²) >= 11 is 0. The van der Waals surface area contributed by atoms with E-state index in [1.54, 1.807) is 23.0 Å². The van der Waals surface area contributed by atoms with Gasteiger partial charge >= 0.3 is 0 Å². The Morgan fingerprint density at radius 2 is 1.96 bits per heavy atom. The van der Waals surface area contributed by atoms with Crippen molar-refractivity contribution >= 4 is 29.2 Å². The summed E-state index contributed by atoms with van der Waals surface area (Å²) in [7, 11) is 0. The molecule has 0 aliphatic rings. The first kappa shape index (κ1) is 20.0. The maximum absolute atomic E-state index is 11.9. The van der Waals surface area contributed by atoms with Crippen molar-refractivity contribution in [1.82, 2.24) is 14.6 Å². The summed E-state index contributed by atoms with van der Waals surface area (Å²) < 4.78 is 1.66. The van der Waals surface area contributed by atoms with Crippen molar-refractivity contribution in [3.63, 3.8) is 0 Å². The van der Waals surface area contributed by atoms with Crippen molar-refractivity contribution in [1.29, 1.82) is 5.41 Å². The first-order valence-corrected chi connectivity index (χ1v) is 8.72. The van der Waals surface area contributed by atoms with Gasteiger partial charge in [-0.15, -0.1) is 0 Å². The maximum atomic E-state index is 11.9. The summed E-state index contributed by atoms with van der Waals surface area (Å²) in [6.07, 6.45) is 4.45. The first-order valence-electron chi connectivity index (χ1n) is 8.72. The molecule has 1 aromatic carbocycles. The van der Waals surface area contributed by atoms with Gasteiger partial charge in [0, 0.05) is 30.6 Å². The number of ketones is 1. The van der Waals surface area contributed by atoms with Crippen LogP contribution in [0.2, 0.25) is 0 Å². The molecular weight excluding hydrogens is 342 g/mol. The molecular formula is C20H23N5O2. The van der Waals surface area contributed by atoms with Gasteiger partial charge in [0.05, 0.1) is 24.0 Å². The van der Waals surface area contributed by atoms with Crippen molar-refractivity contribution in [2.24, 2.45) is 0 Å². The molecule has 0 aliphatic carbocycles. The maximum Gasteiger partial charge on any atom is 0.224 e. The van der Waals surface area contributed by atoms with Crippen LogP contribution in [0.1, 0.15) is 33.3 Å². The summed E-state index contributed by atoms with van der Waals surface area (Å²) in [4.78, 5) is 29.1. The van der Waals surface area contributed by atoms with E-state index in [1.165, 1.54) is 25.0 Å². The minimum Gasteiger partial charge on any atom is -0.308 e. The fraction of sp³-hybridized carbons (Fsp3) is 0.250. The van der Waals surface area contributed by atoms with Crippen molar-refractivity contribution in [3.8, 4) is 11.3 Å². The van der Waals surface area contributed by atoms with E-state index >= 15 is 0 Å². The SMILES string of the molecule is CC.CC(=O)CN(C(C)=O)c1cccc(-c2ccnc3c(C=N)cnn23)c1. The van der Waals surface area contributed by atoms with E-state index in [9.17, 15) is 9.59 Å². The highest BCUT2D eigenvalue weighted by molar-refractivity contribution is 5.98. The Morgan fingerprint density at radius 3 is 2.59 bits per heavy atom. The number of carbonyl (C=O) groups is 2. The Balaban J connectivity index is 0.00000126. The number of amides is 1. The normalized spacial score (nSPS) is 10.1. The minimum atomic E-state index is -0.197. The highest BCUT2D eigenvalue weighted by Gasteiger charge is 2.15. The number of carbonyl (C=O) groups excluding carboxylic acids is 2. The number of nitrogens with zero attached hydrogens (tertiary/aromatic N) is 4. The van der Waals surface area contributed by atoms with Crippen LogP contribution in [0.4, 0.5) is 5.69 Å². The number of Topliss-reactive ketones (excluding diaryl/α,β-unsaturated/α-hetero) is 1. The molecule has 0 fully saturated rings. The Labute approximate surface area is 158 Å². The number of fused-ring (bicyclic) bond motifs is 1. The van der Waals surface area contributed by atoms with Crippen LogP contribution in [0.3, 0.4) is 0 Å². The molecule has 0 saturated heterocycles. The highest BCUT2D eigenvalue weighted by Crippen LogP contribution is 2.25. The molecule has 0 radical (unpaired) electrons. The van der Waals surface area contributed by atoms with Gasteiger partial charge in [0.15, 0.2) is 5.65 Å². The Kier molecular flexibility index (Phi) is 6.54. The third-order valence-electron chi connectivity index (χ3n) is 3.80. The molecule has 0 saturated carbocycles. The molecule has 7 heteroatoms. The van der Waals surface area contributed by atoms with Gasteiger partial charge in [-0.2, -0.15) is 5.10 Å². The lowest BCUT2D eigenvalue weighted by atomic mass is 10.1. The molecule has 3 aromatic rings. The first-order chi connectivity index (χ1) is 13.0. The van der Waals surface area contributed by atoms with Crippen LogP contribution in [-0.4, -0.2) is 39.0 Å². The van der Waals surface area contributed by atoms with E-state index in [2.05, 4.69) is 10.1 Å². The van der Waals surface area contributed by atoms with Crippen LogP contribution in [-0.2, 0) is 9.59 Å². The molecule has 3 rings (SSSR count). The van der Waals surface area contributed by atoms with Crippen molar-refractivity contribution < 1.29 is 9.59 Å². The zero-order valence-corrected chi connectivity index (χ0v) is 15.9. The summed E-state index contributed by atoms with van der Waals surface area (Å²) in [6.45, 7) is 6.92. The largest absolute Gasteiger partial charge is 0.308 e. The molecule has 2 heterocycles. The number of aromatic nitrogens is 3. The molecule has 1 N–H and O–H groups in total. The molecule has 27 heavy (non-hydrogen) atoms. The van der Waals surface area contributed by atoms with Gasteiger partial charge in [-0.25, -0.2) is 9.50 Å². The highest BCUT2D eigenvalue weighted by atomic mass is 16.2. The van der Waals surface area contributed by atoms with Gasteiger partial charge in [-0.05, 0) is 25.1 Å². The summed E-state index contributed by atoms with van der Waals surface area (Å²) in [5.74, 6) is -0.285. The quantitative estimate of drug-likeness (QED) is 0.702. The second-order valence-electron chi connectivity index (χ2n) is 5.67. The molecule has 0 aliphatic heterocycles. The van der Waals surface area contributed by atoms with E-state index in [4.69, 9.17) is 5.41 Å². The van der Waals surface area contributed by atoms with Gasteiger partial charge < -0.3 is 10.3 Å². The fourth-order valence-corrected chi connectivity index (χ4v) is 2.67. The van der Waals surface area contributed by atoms with E-state index < -0.39 is 0 Å². The number of benzene rings is 1. The van der Waals surface area contributed by atoms with Crippen LogP contribution in [0.15, 0.2) is 42.7 Å². The number of nitrogens with one attached hydrogen (secondary N) is 1. The van der Waals surface area contributed by atoms with Crippen molar-refractivity contribution in [2.45, 2.75) is 27.7 Å². The van der Waals surface area contributed by atoms with Crippen LogP contribution in [0, 0.1) is 5.41 Å². The predicted molar refractivity (Wildman–Crippen MR) is 106 cm³/mol. The molecule has 140 valence electrons. The van der Waals surface area contributed by atoms with Crippen LogP contribution in [0.25, 0.3) is 16.9 Å². The summed E-state index contributed by atoms with van der Waals surface area (Å²) in [6, 6.07) is 9.17. The Bertz CT molecular complexity index is 977. The molecule has 1 amide bonds. The van der Waals surface area contributed by atoms with Crippen LogP contribution >= 0.6 is 0 Å².